The highest BCUT2D eigenvalue weighted by Crippen LogP contribution is 2.38. The lowest BCUT2D eigenvalue weighted by atomic mass is 9.76. The van der Waals surface area contributed by atoms with Gasteiger partial charge in [0.2, 0.25) is 5.91 Å². The van der Waals surface area contributed by atoms with Crippen LogP contribution < -0.4 is 0 Å². The molecule has 1 fully saturated rings. The van der Waals surface area contributed by atoms with Crippen molar-refractivity contribution in [3.05, 3.63) is 35.9 Å². The number of amides is 1. The van der Waals surface area contributed by atoms with Crippen molar-refractivity contribution in [2.75, 3.05) is 26.3 Å². The summed E-state index contributed by atoms with van der Waals surface area (Å²) >= 11 is 0. The summed E-state index contributed by atoms with van der Waals surface area (Å²) in [5, 5.41) is 9.50. The van der Waals surface area contributed by atoms with Gasteiger partial charge in [0.15, 0.2) is 0 Å². The zero-order chi connectivity index (χ0) is 16.9. The van der Waals surface area contributed by atoms with E-state index in [0.29, 0.717) is 19.6 Å². The molecular weight excluding hydrogens is 294 g/mol. The van der Waals surface area contributed by atoms with Gasteiger partial charge in [0, 0.05) is 13.1 Å². The number of carboxylic acids is 1. The molecule has 1 unspecified atom stereocenters. The predicted octanol–water partition coefficient (Wildman–Crippen LogP) is 2.21. The first kappa shape index (κ1) is 17.5. The number of carbonyl (C=O) groups excluding carboxylic acids is 1. The average Bonchev–Trinajstić information content (AvgIpc) is 2.99. The Morgan fingerprint density at radius 3 is 2.57 bits per heavy atom. The fraction of sp³-hybridized carbons (Fsp3) is 0.556. The number of carboxylic acid groups (broad SMARTS) is 1. The van der Waals surface area contributed by atoms with Gasteiger partial charge >= 0.3 is 5.97 Å². The van der Waals surface area contributed by atoms with Crippen LogP contribution >= 0.6 is 0 Å². The van der Waals surface area contributed by atoms with Crippen LogP contribution in [0.2, 0.25) is 0 Å². The van der Waals surface area contributed by atoms with Crippen molar-refractivity contribution in [1.82, 2.24) is 4.90 Å². The molecule has 0 aliphatic carbocycles. The van der Waals surface area contributed by atoms with Crippen LogP contribution in [0.5, 0.6) is 0 Å². The van der Waals surface area contributed by atoms with Crippen LogP contribution in [0.15, 0.2) is 30.3 Å². The molecule has 0 bridgehead atoms. The molecule has 1 N–H and O–H groups in total. The lowest BCUT2D eigenvalue weighted by molar-refractivity contribution is -0.151. The summed E-state index contributed by atoms with van der Waals surface area (Å²) in [6, 6.07) is 9.96. The molecule has 1 aliphatic rings. The Bertz CT molecular complexity index is 543. The van der Waals surface area contributed by atoms with Gasteiger partial charge in [-0.05, 0) is 24.3 Å². The van der Waals surface area contributed by atoms with E-state index in [1.807, 2.05) is 44.2 Å². The quantitative estimate of drug-likeness (QED) is 0.783. The number of likely N-dealkylation sites (tertiary alicyclic amines) is 1. The number of aliphatic carboxylic acids is 1. The van der Waals surface area contributed by atoms with Crippen molar-refractivity contribution in [2.45, 2.75) is 26.7 Å². The van der Waals surface area contributed by atoms with E-state index < -0.39 is 11.4 Å². The maximum Gasteiger partial charge on any atom is 0.311 e. The summed E-state index contributed by atoms with van der Waals surface area (Å²) in [4.78, 5) is 25.4. The minimum Gasteiger partial charge on any atom is -0.481 e. The van der Waals surface area contributed by atoms with Gasteiger partial charge in [0.25, 0.3) is 0 Å². The Labute approximate surface area is 137 Å². The Kier molecular flexibility index (Phi) is 5.77. The standard InChI is InChI=1S/C18H25NO4/c1-14(2)18(17(21)22)9-10-19(13-18)16(20)12-23-11-8-15-6-4-3-5-7-15/h3-7,14H,8-13H2,1-2H3,(H,21,22). The second-order valence-corrected chi connectivity index (χ2v) is 6.47. The fourth-order valence-corrected chi connectivity index (χ4v) is 3.02. The summed E-state index contributed by atoms with van der Waals surface area (Å²) in [7, 11) is 0. The van der Waals surface area contributed by atoms with Crippen molar-refractivity contribution < 1.29 is 19.4 Å². The van der Waals surface area contributed by atoms with Crippen molar-refractivity contribution >= 4 is 11.9 Å². The zero-order valence-corrected chi connectivity index (χ0v) is 13.8. The van der Waals surface area contributed by atoms with Gasteiger partial charge in [-0.3, -0.25) is 9.59 Å². The highest BCUT2D eigenvalue weighted by molar-refractivity contribution is 5.81. The molecule has 5 nitrogen and oxygen atoms in total. The van der Waals surface area contributed by atoms with Crippen LogP contribution in [0.4, 0.5) is 0 Å². The first-order valence-electron chi connectivity index (χ1n) is 8.08. The Hall–Kier alpha value is -1.88. The summed E-state index contributed by atoms with van der Waals surface area (Å²) < 4.78 is 5.46. The minimum absolute atomic E-state index is 0.00296. The van der Waals surface area contributed by atoms with E-state index >= 15 is 0 Å². The van der Waals surface area contributed by atoms with Gasteiger partial charge in [-0.25, -0.2) is 0 Å². The van der Waals surface area contributed by atoms with Crippen LogP contribution in [0.25, 0.3) is 0 Å². The summed E-state index contributed by atoms with van der Waals surface area (Å²) in [6.45, 7) is 5.07. The number of ether oxygens (including phenoxy) is 1. The predicted molar refractivity (Wildman–Crippen MR) is 87.1 cm³/mol. The Morgan fingerprint density at radius 2 is 2.00 bits per heavy atom. The molecule has 0 spiro atoms. The Balaban J connectivity index is 1.77. The maximum absolute atomic E-state index is 12.2. The van der Waals surface area contributed by atoms with Crippen molar-refractivity contribution in [1.29, 1.82) is 0 Å². The molecule has 23 heavy (non-hydrogen) atoms. The van der Waals surface area contributed by atoms with E-state index in [1.54, 1.807) is 4.90 Å². The summed E-state index contributed by atoms with van der Waals surface area (Å²) in [5.41, 5.74) is 0.352. The second kappa shape index (κ2) is 7.59. The van der Waals surface area contributed by atoms with Crippen molar-refractivity contribution in [3.8, 4) is 0 Å². The third kappa shape index (κ3) is 4.10. The third-order valence-corrected chi connectivity index (χ3v) is 4.79. The fourth-order valence-electron chi connectivity index (χ4n) is 3.02. The molecule has 0 radical (unpaired) electrons. The van der Waals surface area contributed by atoms with Crippen LogP contribution in [0.1, 0.15) is 25.8 Å². The normalized spacial score (nSPS) is 20.9. The van der Waals surface area contributed by atoms with Crippen LogP contribution in [-0.4, -0.2) is 48.2 Å². The number of carbonyl (C=O) groups is 2. The molecule has 1 aromatic rings. The molecule has 1 saturated heterocycles. The zero-order valence-electron chi connectivity index (χ0n) is 13.8. The van der Waals surface area contributed by atoms with Gasteiger partial charge in [-0.15, -0.1) is 0 Å². The molecule has 1 aromatic carbocycles. The van der Waals surface area contributed by atoms with Gasteiger partial charge in [0.1, 0.15) is 6.61 Å². The Morgan fingerprint density at radius 1 is 1.30 bits per heavy atom. The molecular formula is C18H25NO4. The third-order valence-electron chi connectivity index (χ3n) is 4.79. The molecule has 0 aromatic heterocycles. The monoisotopic (exact) mass is 319 g/mol. The molecule has 2 rings (SSSR count). The minimum atomic E-state index is -0.820. The molecule has 1 heterocycles. The maximum atomic E-state index is 12.2. The van der Waals surface area contributed by atoms with Gasteiger partial charge in [-0.1, -0.05) is 44.2 Å². The van der Waals surface area contributed by atoms with E-state index in [2.05, 4.69) is 0 Å². The van der Waals surface area contributed by atoms with Crippen molar-refractivity contribution in [2.24, 2.45) is 11.3 Å². The van der Waals surface area contributed by atoms with Crippen LogP contribution in [-0.2, 0) is 20.7 Å². The number of hydrogen-bond acceptors (Lipinski definition) is 3. The van der Waals surface area contributed by atoms with Crippen LogP contribution in [0, 0.1) is 11.3 Å². The lowest BCUT2D eigenvalue weighted by Crippen LogP contribution is -2.41. The lowest BCUT2D eigenvalue weighted by Gasteiger charge is -2.28. The second-order valence-electron chi connectivity index (χ2n) is 6.47. The SMILES string of the molecule is CC(C)C1(C(=O)O)CCN(C(=O)COCCc2ccccc2)C1. The summed E-state index contributed by atoms with van der Waals surface area (Å²) in [5.74, 6) is -0.938. The molecule has 5 heteroatoms. The molecule has 126 valence electrons. The number of rotatable bonds is 7. The van der Waals surface area contributed by atoms with E-state index in [9.17, 15) is 14.7 Å². The van der Waals surface area contributed by atoms with Crippen LogP contribution in [0.3, 0.4) is 0 Å². The molecule has 1 amide bonds. The van der Waals surface area contributed by atoms with Gasteiger partial charge in [-0.2, -0.15) is 0 Å². The summed E-state index contributed by atoms with van der Waals surface area (Å²) in [6.07, 6.45) is 1.27. The van der Waals surface area contributed by atoms with Crippen molar-refractivity contribution in [3.63, 3.8) is 0 Å². The average molecular weight is 319 g/mol. The smallest absolute Gasteiger partial charge is 0.311 e. The molecule has 1 atom stereocenters. The number of nitrogens with zero attached hydrogens (tertiary/aromatic N) is 1. The molecule has 1 aliphatic heterocycles. The first-order chi connectivity index (χ1) is 11.0. The number of hydrogen-bond donors (Lipinski definition) is 1. The largest absolute Gasteiger partial charge is 0.481 e. The highest BCUT2D eigenvalue weighted by atomic mass is 16.5. The van der Waals surface area contributed by atoms with Gasteiger partial charge < -0.3 is 14.7 Å². The van der Waals surface area contributed by atoms with E-state index in [4.69, 9.17) is 4.74 Å². The van der Waals surface area contributed by atoms with E-state index in [-0.39, 0.29) is 25.0 Å². The van der Waals surface area contributed by atoms with E-state index in [1.165, 1.54) is 5.56 Å². The molecule has 0 saturated carbocycles. The highest BCUT2D eigenvalue weighted by Gasteiger charge is 2.48. The van der Waals surface area contributed by atoms with E-state index in [0.717, 1.165) is 6.42 Å². The topological polar surface area (TPSA) is 66.8 Å². The van der Waals surface area contributed by atoms with Gasteiger partial charge in [0.05, 0.1) is 12.0 Å². The first-order valence-corrected chi connectivity index (χ1v) is 8.08. The number of benzene rings is 1.